The monoisotopic (exact) mass is 225 g/mol. The summed E-state index contributed by atoms with van der Waals surface area (Å²) in [5.41, 5.74) is 2.39. The Bertz CT molecular complexity index is 613. The molecule has 0 radical (unpaired) electrons. The Hall–Kier alpha value is -2.06. The van der Waals surface area contributed by atoms with E-state index in [1.807, 2.05) is 18.2 Å². The zero-order valence-electron chi connectivity index (χ0n) is 9.26. The molecule has 0 atom stereocenters. The van der Waals surface area contributed by atoms with Crippen molar-refractivity contribution >= 4 is 17.1 Å². The van der Waals surface area contributed by atoms with Crippen LogP contribution < -0.4 is 0 Å². The van der Waals surface area contributed by atoms with E-state index in [-0.39, 0.29) is 5.54 Å². The molecule has 0 unspecified atom stereocenters. The summed E-state index contributed by atoms with van der Waals surface area (Å²) in [6.45, 7) is 0. The van der Waals surface area contributed by atoms with Crippen molar-refractivity contribution in [2.24, 2.45) is 4.99 Å². The molecular formula is C13H11N3O. The summed E-state index contributed by atoms with van der Waals surface area (Å²) in [5, 5.41) is 0. The van der Waals surface area contributed by atoms with Crippen molar-refractivity contribution < 1.29 is 4.79 Å². The van der Waals surface area contributed by atoms with Crippen molar-refractivity contribution in [2.45, 2.75) is 24.8 Å². The minimum Gasteiger partial charge on any atom is -0.253 e. The fourth-order valence-corrected chi connectivity index (χ4v) is 2.32. The molecule has 0 N–H and O–H groups in total. The molecule has 1 aliphatic rings. The van der Waals surface area contributed by atoms with Gasteiger partial charge in [-0.1, -0.05) is 6.07 Å². The van der Waals surface area contributed by atoms with Crippen molar-refractivity contribution in [1.82, 2.24) is 9.97 Å². The van der Waals surface area contributed by atoms with Gasteiger partial charge in [0.1, 0.15) is 0 Å². The number of fused-ring (bicyclic) bond motifs is 1. The molecule has 1 aliphatic carbocycles. The van der Waals surface area contributed by atoms with Crippen LogP contribution in [0.1, 0.15) is 24.8 Å². The zero-order valence-corrected chi connectivity index (χ0v) is 9.26. The Labute approximate surface area is 98.4 Å². The lowest BCUT2D eigenvalue weighted by atomic mass is 9.72. The predicted molar refractivity (Wildman–Crippen MR) is 63.2 cm³/mol. The van der Waals surface area contributed by atoms with Crippen molar-refractivity contribution in [3.05, 3.63) is 36.2 Å². The first-order valence-electron chi connectivity index (χ1n) is 5.64. The second-order valence-corrected chi connectivity index (χ2v) is 4.35. The molecule has 1 aromatic heterocycles. The number of benzene rings is 1. The van der Waals surface area contributed by atoms with Gasteiger partial charge < -0.3 is 0 Å². The van der Waals surface area contributed by atoms with E-state index in [1.54, 1.807) is 18.5 Å². The molecule has 84 valence electrons. The van der Waals surface area contributed by atoms with Crippen LogP contribution in [0.3, 0.4) is 0 Å². The van der Waals surface area contributed by atoms with E-state index in [4.69, 9.17) is 0 Å². The van der Waals surface area contributed by atoms with Gasteiger partial charge >= 0.3 is 0 Å². The van der Waals surface area contributed by atoms with Crippen LogP contribution in [0, 0.1) is 0 Å². The molecule has 1 fully saturated rings. The van der Waals surface area contributed by atoms with Gasteiger partial charge in [0.05, 0.1) is 16.6 Å². The number of rotatable bonds is 2. The molecule has 17 heavy (non-hydrogen) atoms. The third-order valence-electron chi connectivity index (χ3n) is 3.45. The van der Waals surface area contributed by atoms with E-state index in [0.29, 0.717) is 0 Å². The average Bonchev–Trinajstić information content (AvgIpc) is 2.33. The Morgan fingerprint density at radius 3 is 2.59 bits per heavy atom. The number of isocyanates is 1. The number of hydrogen-bond donors (Lipinski definition) is 0. The lowest BCUT2D eigenvalue weighted by Gasteiger charge is -2.37. The van der Waals surface area contributed by atoms with Gasteiger partial charge in [0.15, 0.2) is 0 Å². The Balaban J connectivity index is 2.14. The number of hydrogen-bond acceptors (Lipinski definition) is 4. The van der Waals surface area contributed by atoms with E-state index in [0.717, 1.165) is 35.9 Å². The van der Waals surface area contributed by atoms with Gasteiger partial charge in [0, 0.05) is 12.4 Å². The largest absolute Gasteiger partial charge is 0.253 e. The van der Waals surface area contributed by atoms with E-state index >= 15 is 0 Å². The van der Waals surface area contributed by atoms with Crippen LogP contribution >= 0.6 is 0 Å². The number of aliphatic imine (C=N–C) groups is 1. The van der Waals surface area contributed by atoms with E-state index in [1.165, 1.54) is 0 Å². The molecular weight excluding hydrogens is 214 g/mol. The standard InChI is InChI=1S/C13H11N3O/c17-9-16-13(4-1-5-13)10-2-3-11-12(8-10)15-7-6-14-11/h2-3,6-8H,1,4-5H2. The lowest BCUT2D eigenvalue weighted by Crippen LogP contribution is -2.31. The van der Waals surface area contributed by atoms with E-state index in [9.17, 15) is 4.79 Å². The van der Waals surface area contributed by atoms with Gasteiger partial charge in [-0.05, 0) is 37.0 Å². The van der Waals surface area contributed by atoms with E-state index in [2.05, 4.69) is 15.0 Å². The summed E-state index contributed by atoms with van der Waals surface area (Å²) >= 11 is 0. The molecule has 4 heteroatoms. The first-order chi connectivity index (χ1) is 8.34. The molecule has 0 bridgehead atoms. The average molecular weight is 225 g/mol. The highest BCUT2D eigenvalue weighted by Crippen LogP contribution is 2.45. The normalized spacial score (nSPS) is 17.2. The van der Waals surface area contributed by atoms with Crippen LogP contribution in [-0.4, -0.2) is 16.0 Å². The van der Waals surface area contributed by atoms with Crippen LogP contribution in [0.15, 0.2) is 35.6 Å². The number of carbonyl (C=O) groups excluding carboxylic acids is 1. The Morgan fingerprint density at radius 1 is 1.18 bits per heavy atom. The quantitative estimate of drug-likeness (QED) is 0.582. The molecule has 0 saturated heterocycles. The highest BCUT2D eigenvalue weighted by atomic mass is 16.1. The van der Waals surface area contributed by atoms with Crippen LogP contribution in [0.4, 0.5) is 0 Å². The molecule has 1 heterocycles. The van der Waals surface area contributed by atoms with Crippen LogP contribution in [0.5, 0.6) is 0 Å². The maximum Gasteiger partial charge on any atom is 0.235 e. The number of nitrogens with zero attached hydrogens (tertiary/aromatic N) is 3. The lowest BCUT2D eigenvalue weighted by molar-refractivity contribution is 0.256. The summed E-state index contributed by atoms with van der Waals surface area (Å²) in [4.78, 5) is 23.0. The molecule has 1 aromatic carbocycles. The Morgan fingerprint density at radius 2 is 1.94 bits per heavy atom. The second-order valence-electron chi connectivity index (χ2n) is 4.35. The van der Waals surface area contributed by atoms with Gasteiger partial charge in [-0.25, -0.2) is 4.79 Å². The first-order valence-corrected chi connectivity index (χ1v) is 5.64. The molecule has 0 amide bonds. The Kier molecular flexibility index (Phi) is 2.23. The fraction of sp³-hybridized carbons (Fsp3) is 0.308. The molecule has 0 aliphatic heterocycles. The summed E-state index contributed by atoms with van der Waals surface area (Å²) in [5.74, 6) is 0. The molecule has 0 spiro atoms. The van der Waals surface area contributed by atoms with Crippen LogP contribution in [0.2, 0.25) is 0 Å². The second kappa shape index (κ2) is 3.75. The smallest absolute Gasteiger partial charge is 0.235 e. The van der Waals surface area contributed by atoms with Crippen molar-refractivity contribution in [2.75, 3.05) is 0 Å². The van der Waals surface area contributed by atoms with Crippen LogP contribution in [0.25, 0.3) is 11.0 Å². The number of aromatic nitrogens is 2. The van der Waals surface area contributed by atoms with Crippen molar-refractivity contribution in [1.29, 1.82) is 0 Å². The predicted octanol–water partition coefficient (Wildman–Crippen LogP) is 2.34. The minimum absolute atomic E-state index is 0.354. The third-order valence-corrected chi connectivity index (χ3v) is 3.45. The van der Waals surface area contributed by atoms with Gasteiger partial charge in [-0.3, -0.25) is 9.97 Å². The zero-order chi connectivity index (χ0) is 11.7. The molecule has 3 rings (SSSR count). The minimum atomic E-state index is -0.354. The highest BCUT2D eigenvalue weighted by Gasteiger charge is 2.38. The highest BCUT2D eigenvalue weighted by molar-refractivity contribution is 5.74. The SMILES string of the molecule is O=C=NC1(c2ccc3nccnc3c2)CCC1. The maximum atomic E-state index is 10.5. The van der Waals surface area contributed by atoms with Crippen LogP contribution in [-0.2, 0) is 10.3 Å². The van der Waals surface area contributed by atoms with Gasteiger partial charge in [-0.15, -0.1) is 0 Å². The van der Waals surface area contributed by atoms with Gasteiger partial charge in [0.2, 0.25) is 6.08 Å². The van der Waals surface area contributed by atoms with Gasteiger partial charge in [-0.2, -0.15) is 4.99 Å². The van der Waals surface area contributed by atoms with E-state index < -0.39 is 0 Å². The third kappa shape index (κ3) is 1.54. The molecule has 1 saturated carbocycles. The maximum absolute atomic E-state index is 10.5. The summed E-state index contributed by atoms with van der Waals surface area (Å²) in [6, 6.07) is 5.89. The first kappa shape index (κ1) is 10.1. The van der Waals surface area contributed by atoms with Crippen molar-refractivity contribution in [3.8, 4) is 0 Å². The summed E-state index contributed by atoms with van der Waals surface area (Å²) in [7, 11) is 0. The van der Waals surface area contributed by atoms with Gasteiger partial charge in [0.25, 0.3) is 0 Å². The van der Waals surface area contributed by atoms with Crippen molar-refractivity contribution in [3.63, 3.8) is 0 Å². The topological polar surface area (TPSA) is 55.2 Å². The fourth-order valence-electron chi connectivity index (χ4n) is 2.32. The summed E-state index contributed by atoms with van der Waals surface area (Å²) < 4.78 is 0. The molecule has 2 aromatic rings. The molecule has 4 nitrogen and oxygen atoms in total. The summed E-state index contributed by atoms with van der Waals surface area (Å²) in [6.07, 6.45) is 7.96.